The first kappa shape index (κ1) is 43.5. The van der Waals surface area contributed by atoms with Crippen molar-refractivity contribution in [2.45, 2.75) is 209 Å². The summed E-state index contributed by atoms with van der Waals surface area (Å²) in [6.07, 6.45) is 12.2. The third-order valence-electron chi connectivity index (χ3n) is 15.9. The van der Waals surface area contributed by atoms with E-state index in [2.05, 4.69) is 52.6 Å². The van der Waals surface area contributed by atoms with Crippen molar-refractivity contribution in [1.82, 2.24) is 5.32 Å². The van der Waals surface area contributed by atoms with Gasteiger partial charge in [-0.2, -0.15) is 0 Å². The number of hydrogen-bond acceptors (Lipinski definition) is 12. The van der Waals surface area contributed by atoms with Gasteiger partial charge in [0.15, 0.2) is 23.1 Å². The number of carboxylic acids is 1. The maximum atomic E-state index is 12.4. The van der Waals surface area contributed by atoms with Crippen LogP contribution in [-0.4, -0.2) is 112 Å². The Morgan fingerprint density at radius 1 is 0.867 bits per heavy atom. The zero-order valence-electron chi connectivity index (χ0n) is 36.6. The summed E-state index contributed by atoms with van der Waals surface area (Å²) < 4.78 is 54.1. The number of ether oxygens (including phenoxy) is 8. The molecule has 20 atom stereocenters. The molecule has 0 aromatic heterocycles. The molecule has 13 heteroatoms. The highest BCUT2D eigenvalue weighted by atomic mass is 16.8. The van der Waals surface area contributed by atoms with Gasteiger partial charge in [-0.15, -0.1) is 0 Å². The van der Waals surface area contributed by atoms with Gasteiger partial charge < -0.3 is 53.2 Å². The fraction of sp³-hybridized carbons (Fsp3) is 0.851. The first-order chi connectivity index (χ1) is 28.4. The van der Waals surface area contributed by atoms with Crippen molar-refractivity contribution in [2.24, 2.45) is 35.5 Å². The second kappa shape index (κ2) is 16.0. The van der Waals surface area contributed by atoms with E-state index in [0.717, 1.165) is 37.8 Å². The van der Waals surface area contributed by atoms with Crippen LogP contribution >= 0.6 is 0 Å². The van der Waals surface area contributed by atoms with Crippen molar-refractivity contribution in [3.63, 3.8) is 0 Å². The predicted molar refractivity (Wildman–Crippen MR) is 219 cm³/mol. The third-order valence-corrected chi connectivity index (χ3v) is 15.9. The molecule has 8 saturated heterocycles. The van der Waals surface area contributed by atoms with Crippen LogP contribution in [0.2, 0.25) is 0 Å². The molecule has 13 nitrogen and oxygen atoms in total. The molecule has 4 N–H and O–H groups in total. The quantitative estimate of drug-likeness (QED) is 0.193. The summed E-state index contributed by atoms with van der Waals surface area (Å²) in [5.41, 5.74) is 0.390. The Balaban J connectivity index is 0.846. The van der Waals surface area contributed by atoms with Crippen LogP contribution in [0.5, 0.6) is 0 Å². The van der Waals surface area contributed by atoms with Crippen LogP contribution in [0.15, 0.2) is 36.5 Å². The number of aliphatic carboxylic acids is 1. The molecule has 0 aliphatic carbocycles. The number of fused-ring (bicyclic) bond motifs is 5. The minimum Gasteiger partial charge on any atom is -0.481 e. The van der Waals surface area contributed by atoms with E-state index >= 15 is 0 Å². The Labute approximate surface area is 355 Å². The number of aliphatic hydroxyl groups excluding tert-OH is 1. The molecule has 60 heavy (non-hydrogen) atoms. The van der Waals surface area contributed by atoms with Crippen LogP contribution in [0.25, 0.3) is 0 Å². The predicted octanol–water partition coefficient (Wildman–Crippen LogP) is 6.26. The number of rotatable bonds is 9. The minimum atomic E-state index is -1.88. The number of nitrogens with one attached hydrogen (secondary N) is 1. The Morgan fingerprint density at radius 2 is 1.67 bits per heavy atom. The lowest BCUT2D eigenvalue weighted by Gasteiger charge is -2.53. The lowest BCUT2D eigenvalue weighted by Crippen LogP contribution is -2.62. The Bertz CT molecular complexity index is 1690. The fourth-order valence-corrected chi connectivity index (χ4v) is 12.8. The second-order valence-electron chi connectivity index (χ2n) is 20.9. The van der Waals surface area contributed by atoms with Crippen LogP contribution in [-0.2, 0) is 42.7 Å². The van der Waals surface area contributed by atoms with Gasteiger partial charge in [-0.1, -0.05) is 66.3 Å². The molecule has 0 unspecified atom stereocenters. The van der Waals surface area contributed by atoms with Crippen LogP contribution in [0.4, 0.5) is 0 Å². The van der Waals surface area contributed by atoms with Gasteiger partial charge in [0.25, 0.3) is 0 Å². The highest BCUT2D eigenvalue weighted by Crippen LogP contribution is 2.55. The van der Waals surface area contributed by atoms with Gasteiger partial charge in [-0.25, -0.2) is 0 Å². The van der Waals surface area contributed by atoms with E-state index in [-0.39, 0.29) is 60.8 Å². The standard InChI is InChI=1S/C47H71NO12/c1-26-18-36-41-38(24-45(58-41)30(5)17-27(2)25-48-45)56-44(22-26,55-36)23-29(4)40-28(3)19-32(7)47(52,59-40)42(51)37-21-35-34(53-37)20-31(6)46(57-35)16-15-43(60-46)14-10-12-33(54-43)11-8-9-13-39(49)50/h8,10-11,14,26-28,30-38,40-42,48,51-52H,4,9,12-13,15-25H2,1-3,5-7H3,(H,49,50)/b11-8+/t26-,27+,28+,30-,31+,32-,33-,34+,35+,36-,37-,38+,40+,41+,42+,43+,44-,45-,46-,47-/m1/s1. The summed E-state index contributed by atoms with van der Waals surface area (Å²) in [7, 11) is 0. The zero-order valence-corrected chi connectivity index (χ0v) is 36.6. The average Bonchev–Trinajstić information content (AvgIpc) is 3.87. The normalized spacial score (nSPS) is 52.9. The van der Waals surface area contributed by atoms with Crippen molar-refractivity contribution in [1.29, 1.82) is 0 Å². The number of allylic oxidation sites excluding steroid dienone is 1. The molecule has 9 aliphatic rings. The van der Waals surface area contributed by atoms with E-state index in [1.165, 1.54) is 0 Å². The second-order valence-corrected chi connectivity index (χ2v) is 20.9. The largest absolute Gasteiger partial charge is 0.481 e. The van der Waals surface area contributed by atoms with Crippen molar-refractivity contribution in [2.75, 3.05) is 6.54 Å². The summed E-state index contributed by atoms with van der Waals surface area (Å²) in [6, 6.07) is 0. The number of piperidine rings is 1. The third kappa shape index (κ3) is 7.81. The molecule has 2 bridgehead atoms. The van der Waals surface area contributed by atoms with Crippen molar-refractivity contribution in [3.05, 3.63) is 36.5 Å². The molecule has 9 heterocycles. The average molecular weight is 842 g/mol. The number of hydrogen-bond donors (Lipinski definition) is 4. The van der Waals surface area contributed by atoms with E-state index in [1.54, 1.807) is 0 Å². The van der Waals surface area contributed by atoms with Crippen LogP contribution < -0.4 is 5.32 Å². The fourth-order valence-electron chi connectivity index (χ4n) is 12.8. The molecular formula is C47H71NO12. The Kier molecular flexibility index (Phi) is 11.6. The maximum absolute atomic E-state index is 12.4. The first-order valence-electron chi connectivity index (χ1n) is 23.3. The van der Waals surface area contributed by atoms with Crippen molar-refractivity contribution in [3.8, 4) is 0 Å². The highest BCUT2D eigenvalue weighted by Gasteiger charge is 2.64. The summed E-state index contributed by atoms with van der Waals surface area (Å²) in [5, 5.41) is 37.3. The van der Waals surface area contributed by atoms with Gasteiger partial charge in [0, 0.05) is 63.3 Å². The van der Waals surface area contributed by atoms with Crippen LogP contribution in [0.1, 0.15) is 125 Å². The molecule has 336 valence electrons. The first-order valence-corrected chi connectivity index (χ1v) is 23.3. The maximum Gasteiger partial charge on any atom is 0.303 e. The lowest BCUT2D eigenvalue weighted by atomic mass is 9.76. The zero-order chi connectivity index (χ0) is 42.4. The van der Waals surface area contributed by atoms with Gasteiger partial charge in [0.1, 0.15) is 17.9 Å². The van der Waals surface area contributed by atoms with Crippen LogP contribution in [0.3, 0.4) is 0 Å². The van der Waals surface area contributed by atoms with E-state index in [4.69, 9.17) is 43.0 Å². The molecule has 0 amide bonds. The molecule has 0 saturated carbocycles. The van der Waals surface area contributed by atoms with Crippen LogP contribution in [0, 0.1) is 35.5 Å². The van der Waals surface area contributed by atoms with E-state index in [0.29, 0.717) is 69.1 Å². The lowest BCUT2D eigenvalue weighted by molar-refractivity contribution is -0.367. The van der Waals surface area contributed by atoms with E-state index in [9.17, 15) is 15.0 Å². The van der Waals surface area contributed by atoms with Gasteiger partial charge in [-0.3, -0.25) is 10.1 Å². The van der Waals surface area contributed by atoms with E-state index < -0.39 is 53.2 Å². The molecule has 9 rings (SSSR count). The van der Waals surface area contributed by atoms with Gasteiger partial charge in [0.2, 0.25) is 0 Å². The molecule has 3 spiro atoms. The monoisotopic (exact) mass is 841 g/mol. The topological polar surface area (TPSA) is 164 Å². The van der Waals surface area contributed by atoms with Crippen molar-refractivity contribution < 1.29 is 58.0 Å². The summed E-state index contributed by atoms with van der Waals surface area (Å²) in [6.45, 7) is 18.5. The smallest absolute Gasteiger partial charge is 0.303 e. The summed E-state index contributed by atoms with van der Waals surface area (Å²) in [4.78, 5) is 11.0. The molecule has 0 radical (unpaired) electrons. The minimum absolute atomic E-state index is 0.0210. The SMILES string of the molecule is C=C(C[C@]12C[C@H](C)C[C@@H](O1)[C@@H]1O[C@@]3(C[C@@H]1O2)NC[C@@H](C)C[C@H]3C)[C@H]1O[C@@](O)([C@@H](O)[C@H]2C[C@@H]3O[C@@]4(CC[C@]5(C=CC[C@@H](/C=C/CCC(=O)O)O5)O4)[C@@H](C)C[C@@H]3O2)[C@H](C)C[C@@H]1C. The Hall–Kier alpha value is -1.75. The van der Waals surface area contributed by atoms with Gasteiger partial charge in [-0.05, 0) is 73.8 Å². The summed E-state index contributed by atoms with van der Waals surface area (Å²) in [5.74, 6) is -4.41. The molecular weight excluding hydrogens is 771 g/mol. The molecule has 0 aromatic rings. The molecule has 0 aromatic carbocycles. The highest BCUT2D eigenvalue weighted by molar-refractivity contribution is 5.66. The number of carbonyl (C=O) groups is 1. The molecule has 9 aliphatic heterocycles. The number of carboxylic acid groups (broad SMARTS) is 1. The number of aliphatic hydroxyl groups is 2. The summed E-state index contributed by atoms with van der Waals surface area (Å²) >= 11 is 0. The van der Waals surface area contributed by atoms with Gasteiger partial charge >= 0.3 is 5.97 Å². The van der Waals surface area contributed by atoms with Gasteiger partial charge in [0.05, 0.1) is 42.7 Å². The Morgan fingerprint density at radius 3 is 2.45 bits per heavy atom. The molecule has 8 fully saturated rings. The van der Waals surface area contributed by atoms with Crippen molar-refractivity contribution >= 4 is 5.97 Å². The van der Waals surface area contributed by atoms with E-state index in [1.807, 2.05) is 25.2 Å².